The summed E-state index contributed by atoms with van der Waals surface area (Å²) in [5.74, 6) is 0. The van der Waals surface area contributed by atoms with Gasteiger partial charge in [0.25, 0.3) is 0 Å². The zero-order valence-electron chi connectivity index (χ0n) is 8.88. The number of nitrogens with two attached hydrogens (primary N) is 1. The molecule has 6 nitrogen and oxygen atoms in total. The molecule has 1 heterocycles. The third kappa shape index (κ3) is 3.00. The van der Waals surface area contributed by atoms with Crippen molar-refractivity contribution in [3.8, 4) is 0 Å². The van der Waals surface area contributed by atoms with Crippen LogP contribution >= 0.6 is 12.2 Å². The number of H-pyrrole nitrogens is 1. The normalized spacial score (nSPS) is 11.9. The molecular formula is C8H14N4O2S2. The molecule has 0 bridgehead atoms. The molecule has 1 aromatic rings. The Bertz CT molecular complexity index is 441. The molecule has 16 heavy (non-hydrogen) atoms. The van der Waals surface area contributed by atoms with Gasteiger partial charge < -0.3 is 5.73 Å². The van der Waals surface area contributed by atoms with Crippen LogP contribution in [0.1, 0.15) is 13.3 Å². The predicted octanol–water partition coefficient (Wildman–Crippen LogP) is 0.0965. The maximum Gasteiger partial charge on any atom is 0.246 e. The summed E-state index contributed by atoms with van der Waals surface area (Å²) >= 11 is 4.73. The summed E-state index contributed by atoms with van der Waals surface area (Å²) in [5.41, 5.74) is 5.38. The zero-order valence-corrected chi connectivity index (χ0v) is 10.5. The van der Waals surface area contributed by atoms with Crippen LogP contribution in [-0.2, 0) is 10.0 Å². The molecule has 1 rings (SSSR count). The smallest absolute Gasteiger partial charge is 0.246 e. The molecule has 8 heteroatoms. The van der Waals surface area contributed by atoms with Crippen LogP contribution in [-0.4, -0.2) is 41.0 Å². The van der Waals surface area contributed by atoms with Gasteiger partial charge in [-0.05, 0) is 6.42 Å². The summed E-state index contributed by atoms with van der Waals surface area (Å²) in [7, 11) is -3.54. The molecule has 0 atom stereocenters. The molecule has 0 aliphatic carbocycles. The van der Waals surface area contributed by atoms with Crippen molar-refractivity contribution in [3.63, 3.8) is 0 Å². The molecule has 0 amide bonds. The topological polar surface area (TPSA) is 92.1 Å². The first-order valence-electron chi connectivity index (χ1n) is 4.75. The average molecular weight is 262 g/mol. The van der Waals surface area contributed by atoms with Crippen molar-refractivity contribution >= 4 is 27.2 Å². The number of aromatic amines is 1. The molecule has 0 radical (unpaired) electrons. The van der Waals surface area contributed by atoms with E-state index >= 15 is 0 Å². The summed E-state index contributed by atoms with van der Waals surface area (Å²) in [6.07, 6.45) is 3.29. The second-order valence-corrected chi connectivity index (χ2v) is 5.70. The van der Waals surface area contributed by atoms with Gasteiger partial charge in [0.05, 0.1) is 17.7 Å². The van der Waals surface area contributed by atoms with E-state index in [1.165, 1.54) is 16.7 Å². The van der Waals surface area contributed by atoms with Crippen LogP contribution in [0.5, 0.6) is 0 Å². The van der Waals surface area contributed by atoms with Gasteiger partial charge in [-0.3, -0.25) is 5.10 Å². The van der Waals surface area contributed by atoms with Crippen LogP contribution < -0.4 is 5.73 Å². The van der Waals surface area contributed by atoms with Gasteiger partial charge in [-0.1, -0.05) is 19.1 Å². The van der Waals surface area contributed by atoms with Crippen molar-refractivity contribution < 1.29 is 8.42 Å². The van der Waals surface area contributed by atoms with Crippen LogP contribution in [0.25, 0.3) is 0 Å². The van der Waals surface area contributed by atoms with Crippen LogP contribution in [0, 0.1) is 0 Å². The van der Waals surface area contributed by atoms with Crippen molar-refractivity contribution in [3.05, 3.63) is 12.4 Å². The number of hydrogen-bond acceptors (Lipinski definition) is 4. The molecule has 0 unspecified atom stereocenters. The molecule has 3 N–H and O–H groups in total. The second kappa shape index (κ2) is 5.37. The first-order valence-corrected chi connectivity index (χ1v) is 6.60. The maximum absolute atomic E-state index is 12.1. The minimum atomic E-state index is -3.54. The lowest BCUT2D eigenvalue weighted by Gasteiger charge is -2.19. The number of aromatic nitrogens is 2. The largest absolute Gasteiger partial charge is 0.392 e. The number of nitrogens with one attached hydrogen (secondary N) is 1. The van der Waals surface area contributed by atoms with Crippen LogP contribution in [0.3, 0.4) is 0 Å². The van der Waals surface area contributed by atoms with Gasteiger partial charge in [-0.2, -0.15) is 9.40 Å². The third-order valence-electron chi connectivity index (χ3n) is 1.92. The van der Waals surface area contributed by atoms with Crippen molar-refractivity contribution in [2.75, 3.05) is 13.1 Å². The summed E-state index contributed by atoms with van der Waals surface area (Å²) < 4.78 is 25.4. The standard InChI is InChI=1S/C8H14N4O2S2/c1-2-3-12(6-8(9)15)16(13,14)7-4-10-11-5-7/h4-5H,2-3,6H2,1H3,(H2,9,15)(H,10,11). The monoisotopic (exact) mass is 262 g/mol. The molecule has 0 saturated carbocycles. The van der Waals surface area contributed by atoms with E-state index in [0.29, 0.717) is 13.0 Å². The number of thiocarbonyl (C=S) groups is 1. The van der Waals surface area contributed by atoms with Gasteiger partial charge in [0, 0.05) is 12.7 Å². The van der Waals surface area contributed by atoms with Crippen LogP contribution in [0.4, 0.5) is 0 Å². The maximum atomic E-state index is 12.1. The lowest BCUT2D eigenvalue weighted by molar-refractivity contribution is 0.449. The first kappa shape index (κ1) is 13.1. The molecule has 1 aromatic heterocycles. The fraction of sp³-hybridized carbons (Fsp3) is 0.500. The van der Waals surface area contributed by atoms with Crippen molar-refractivity contribution in [2.45, 2.75) is 18.2 Å². The minimum absolute atomic E-state index is 0.0523. The van der Waals surface area contributed by atoms with Gasteiger partial charge in [-0.15, -0.1) is 0 Å². The van der Waals surface area contributed by atoms with Gasteiger partial charge in [0.2, 0.25) is 10.0 Å². The molecule has 0 fully saturated rings. The Hall–Kier alpha value is -0.990. The lowest BCUT2D eigenvalue weighted by Crippen LogP contribution is -2.38. The van der Waals surface area contributed by atoms with E-state index in [2.05, 4.69) is 10.2 Å². The molecule has 90 valence electrons. The second-order valence-electron chi connectivity index (χ2n) is 3.24. The van der Waals surface area contributed by atoms with E-state index in [0.717, 1.165) is 0 Å². The molecule has 0 aromatic carbocycles. The predicted molar refractivity (Wildman–Crippen MR) is 64.4 cm³/mol. The van der Waals surface area contributed by atoms with Gasteiger partial charge in [-0.25, -0.2) is 8.42 Å². The Morgan fingerprint density at radius 1 is 1.69 bits per heavy atom. The van der Waals surface area contributed by atoms with E-state index in [1.54, 1.807) is 0 Å². The molecule has 0 spiro atoms. The van der Waals surface area contributed by atoms with Gasteiger partial charge in [0.1, 0.15) is 4.90 Å². The van der Waals surface area contributed by atoms with Gasteiger partial charge in [0.15, 0.2) is 0 Å². The Morgan fingerprint density at radius 2 is 2.38 bits per heavy atom. The quantitative estimate of drug-likeness (QED) is 0.709. The minimum Gasteiger partial charge on any atom is -0.392 e. The summed E-state index contributed by atoms with van der Waals surface area (Å²) in [6.45, 7) is 2.32. The Kier molecular flexibility index (Phi) is 4.39. The third-order valence-corrected chi connectivity index (χ3v) is 3.86. The fourth-order valence-electron chi connectivity index (χ4n) is 1.24. The highest BCUT2D eigenvalue weighted by atomic mass is 32.2. The molecular weight excluding hydrogens is 248 g/mol. The summed E-state index contributed by atoms with van der Waals surface area (Å²) in [6, 6.07) is 0. The average Bonchev–Trinajstić information content (AvgIpc) is 2.69. The van der Waals surface area contributed by atoms with E-state index in [-0.39, 0.29) is 16.4 Å². The van der Waals surface area contributed by atoms with Gasteiger partial charge >= 0.3 is 0 Å². The van der Waals surface area contributed by atoms with Crippen LogP contribution in [0.15, 0.2) is 17.3 Å². The van der Waals surface area contributed by atoms with Crippen molar-refractivity contribution in [1.29, 1.82) is 0 Å². The number of sulfonamides is 1. The SMILES string of the molecule is CCCN(CC(N)=S)S(=O)(=O)c1cn[nH]c1. The highest BCUT2D eigenvalue weighted by Crippen LogP contribution is 2.13. The zero-order chi connectivity index (χ0) is 12.2. The van der Waals surface area contributed by atoms with E-state index in [1.807, 2.05) is 6.92 Å². The highest BCUT2D eigenvalue weighted by Gasteiger charge is 2.24. The van der Waals surface area contributed by atoms with E-state index in [4.69, 9.17) is 18.0 Å². The summed E-state index contributed by atoms with van der Waals surface area (Å²) in [4.78, 5) is 0.276. The Labute approximate surface area is 99.9 Å². The van der Waals surface area contributed by atoms with E-state index < -0.39 is 10.0 Å². The highest BCUT2D eigenvalue weighted by molar-refractivity contribution is 7.89. The molecule has 0 aliphatic heterocycles. The molecule has 0 saturated heterocycles. The van der Waals surface area contributed by atoms with E-state index in [9.17, 15) is 8.42 Å². The number of hydrogen-bond donors (Lipinski definition) is 2. The Morgan fingerprint density at radius 3 is 2.81 bits per heavy atom. The van der Waals surface area contributed by atoms with Crippen LogP contribution in [0.2, 0.25) is 0 Å². The Balaban J connectivity index is 2.97. The van der Waals surface area contributed by atoms with Crippen molar-refractivity contribution in [2.24, 2.45) is 5.73 Å². The summed E-state index contributed by atoms with van der Waals surface area (Å²) in [5, 5.41) is 6.08. The van der Waals surface area contributed by atoms with Crippen molar-refractivity contribution in [1.82, 2.24) is 14.5 Å². The lowest BCUT2D eigenvalue weighted by atomic mass is 10.5. The molecule has 0 aliphatic rings. The number of rotatable bonds is 6. The number of nitrogens with zero attached hydrogens (tertiary/aromatic N) is 2. The fourth-order valence-corrected chi connectivity index (χ4v) is 2.89. The first-order chi connectivity index (χ1) is 7.48.